The molecule has 1 aromatic carbocycles. The summed E-state index contributed by atoms with van der Waals surface area (Å²) in [7, 11) is 3.09. The number of aliphatic hydroxyl groups excluding tert-OH is 1. The molecule has 0 radical (unpaired) electrons. The van der Waals surface area contributed by atoms with Crippen molar-refractivity contribution in [2.75, 3.05) is 27.4 Å². The van der Waals surface area contributed by atoms with Crippen LogP contribution in [0, 0.1) is 0 Å². The molecule has 0 bridgehead atoms. The third-order valence-corrected chi connectivity index (χ3v) is 4.57. The van der Waals surface area contributed by atoms with Gasteiger partial charge < -0.3 is 19.6 Å². The van der Waals surface area contributed by atoms with Gasteiger partial charge in [0.05, 0.1) is 38.3 Å². The first-order valence-corrected chi connectivity index (χ1v) is 8.16. The number of ether oxygens (including phenoxy) is 2. The van der Waals surface area contributed by atoms with Gasteiger partial charge in [-0.15, -0.1) is 0 Å². The molecule has 0 saturated carbocycles. The van der Waals surface area contributed by atoms with E-state index in [4.69, 9.17) is 9.47 Å². The van der Waals surface area contributed by atoms with E-state index in [1.165, 1.54) is 7.11 Å². The third kappa shape index (κ3) is 3.22. The van der Waals surface area contributed by atoms with E-state index >= 15 is 0 Å². The monoisotopic (exact) mass is 333 g/mol. The zero-order valence-corrected chi connectivity index (χ0v) is 14.0. The van der Waals surface area contributed by atoms with Gasteiger partial charge in [0, 0.05) is 12.1 Å². The van der Waals surface area contributed by atoms with Crippen molar-refractivity contribution >= 4 is 10.9 Å². The minimum atomic E-state index is -0.200. The molecule has 1 saturated heterocycles. The molecule has 2 heterocycles. The van der Waals surface area contributed by atoms with Crippen LogP contribution in [0.4, 0.5) is 0 Å². The molecule has 2 aromatic rings. The van der Waals surface area contributed by atoms with Crippen LogP contribution >= 0.6 is 0 Å². The fourth-order valence-corrected chi connectivity index (χ4v) is 3.26. The Morgan fingerprint density at radius 1 is 1.29 bits per heavy atom. The van der Waals surface area contributed by atoms with Gasteiger partial charge in [0.25, 0.3) is 5.56 Å². The second-order valence-electron chi connectivity index (χ2n) is 6.04. The lowest BCUT2D eigenvalue weighted by molar-refractivity contribution is 0.0819. The molecule has 0 amide bonds. The van der Waals surface area contributed by atoms with Crippen LogP contribution in [-0.2, 0) is 6.54 Å². The molecule has 24 heavy (non-hydrogen) atoms. The maximum absolute atomic E-state index is 12.4. The minimum absolute atomic E-state index is 0.128. The minimum Gasteiger partial charge on any atom is -0.493 e. The molecule has 130 valence electrons. The summed E-state index contributed by atoms with van der Waals surface area (Å²) in [5, 5.41) is 9.99. The van der Waals surface area contributed by atoms with Gasteiger partial charge in [0.1, 0.15) is 5.82 Å². The topological polar surface area (TPSA) is 87.7 Å². The number of piperidine rings is 1. The molecule has 7 nitrogen and oxygen atoms in total. The first-order valence-electron chi connectivity index (χ1n) is 8.16. The maximum atomic E-state index is 12.4. The first kappa shape index (κ1) is 16.7. The van der Waals surface area contributed by atoms with Gasteiger partial charge in [-0.2, -0.15) is 0 Å². The zero-order valence-electron chi connectivity index (χ0n) is 14.0. The number of aromatic amines is 1. The molecule has 1 aliphatic rings. The van der Waals surface area contributed by atoms with Crippen molar-refractivity contribution in [2.45, 2.75) is 31.8 Å². The summed E-state index contributed by atoms with van der Waals surface area (Å²) in [6, 6.07) is 3.48. The summed E-state index contributed by atoms with van der Waals surface area (Å²) in [6.45, 7) is 1.55. The Morgan fingerprint density at radius 3 is 2.75 bits per heavy atom. The number of H-pyrrole nitrogens is 1. The molecule has 0 aliphatic carbocycles. The van der Waals surface area contributed by atoms with E-state index in [0.717, 1.165) is 25.8 Å². The number of aliphatic hydroxyl groups is 1. The normalized spacial score (nSPS) is 18.7. The van der Waals surface area contributed by atoms with Crippen LogP contribution in [-0.4, -0.2) is 53.4 Å². The van der Waals surface area contributed by atoms with Gasteiger partial charge in [-0.3, -0.25) is 9.69 Å². The lowest BCUT2D eigenvalue weighted by Gasteiger charge is -2.34. The fourth-order valence-electron chi connectivity index (χ4n) is 3.26. The zero-order chi connectivity index (χ0) is 17.1. The Hall–Kier alpha value is -2.12. The van der Waals surface area contributed by atoms with Crippen molar-refractivity contribution in [1.82, 2.24) is 14.9 Å². The highest BCUT2D eigenvalue weighted by Gasteiger charge is 2.22. The molecule has 1 atom stereocenters. The molecule has 1 fully saturated rings. The Balaban J connectivity index is 1.96. The van der Waals surface area contributed by atoms with Crippen LogP contribution in [0.15, 0.2) is 16.9 Å². The summed E-state index contributed by atoms with van der Waals surface area (Å²) in [5.41, 5.74) is 0.373. The van der Waals surface area contributed by atoms with E-state index in [-0.39, 0.29) is 18.2 Å². The lowest BCUT2D eigenvalue weighted by atomic mass is 10.0. The molecule has 1 aliphatic heterocycles. The molecule has 1 aromatic heterocycles. The van der Waals surface area contributed by atoms with Crippen LogP contribution < -0.4 is 15.0 Å². The van der Waals surface area contributed by atoms with E-state index in [1.807, 2.05) is 0 Å². The summed E-state index contributed by atoms with van der Waals surface area (Å²) in [6.07, 6.45) is 3.19. The molecule has 1 unspecified atom stereocenters. The number of fused-ring (bicyclic) bond motifs is 1. The van der Waals surface area contributed by atoms with Crippen molar-refractivity contribution in [3.63, 3.8) is 0 Å². The number of aromatic nitrogens is 2. The van der Waals surface area contributed by atoms with Gasteiger partial charge in [-0.05, 0) is 25.5 Å². The van der Waals surface area contributed by atoms with Gasteiger partial charge in [0.2, 0.25) is 0 Å². The first-order chi connectivity index (χ1) is 11.7. The number of rotatable bonds is 5. The van der Waals surface area contributed by atoms with Crippen molar-refractivity contribution < 1.29 is 14.6 Å². The maximum Gasteiger partial charge on any atom is 0.258 e. The molecule has 2 N–H and O–H groups in total. The van der Waals surface area contributed by atoms with E-state index in [1.54, 1.807) is 19.2 Å². The van der Waals surface area contributed by atoms with Gasteiger partial charge in [0.15, 0.2) is 11.5 Å². The van der Waals surface area contributed by atoms with Crippen LogP contribution in [0.5, 0.6) is 11.5 Å². The molecule has 3 rings (SSSR count). The predicted octanol–water partition coefficient (Wildman–Crippen LogP) is 1.29. The predicted molar refractivity (Wildman–Crippen MR) is 90.6 cm³/mol. The Morgan fingerprint density at radius 2 is 2.04 bits per heavy atom. The van der Waals surface area contributed by atoms with E-state index < -0.39 is 0 Å². The number of methoxy groups -OCH3 is 2. The van der Waals surface area contributed by atoms with E-state index in [9.17, 15) is 9.90 Å². The number of hydrogen-bond donors (Lipinski definition) is 2. The van der Waals surface area contributed by atoms with Gasteiger partial charge in [-0.1, -0.05) is 6.42 Å². The molecular weight excluding hydrogens is 310 g/mol. The largest absolute Gasteiger partial charge is 0.493 e. The van der Waals surface area contributed by atoms with Crippen LogP contribution in [0.2, 0.25) is 0 Å². The van der Waals surface area contributed by atoms with Crippen molar-refractivity contribution in [1.29, 1.82) is 0 Å². The van der Waals surface area contributed by atoms with Crippen LogP contribution in [0.3, 0.4) is 0 Å². The fraction of sp³-hybridized carbons (Fsp3) is 0.529. The van der Waals surface area contributed by atoms with E-state index in [2.05, 4.69) is 14.9 Å². The van der Waals surface area contributed by atoms with Gasteiger partial charge in [-0.25, -0.2) is 4.98 Å². The smallest absolute Gasteiger partial charge is 0.258 e. The average molecular weight is 333 g/mol. The Bertz CT molecular complexity index is 774. The number of nitrogens with one attached hydrogen (secondary N) is 1. The standard InChI is InChI=1S/C17H23N3O4/c1-23-14-7-12-13(8-15(14)24-2)18-16(19-17(12)22)9-20-6-4-3-5-11(20)10-21/h7-8,11,21H,3-6,9-10H2,1-2H3,(H,18,19,22). The number of nitrogens with zero attached hydrogens (tertiary/aromatic N) is 2. The summed E-state index contributed by atoms with van der Waals surface area (Å²) in [5.74, 6) is 1.64. The highest BCUT2D eigenvalue weighted by Crippen LogP contribution is 2.30. The Labute approximate surface area is 140 Å². The van der Waals surface area contributed by atoms with Gasteiger partial charge >= 0.3 is 0 Å². The van der Waals surface area contributed by atoms with Crippen LogP contribution in [0.1, 0.15) is 25.1 Å². The third-order valence-electron chi connectivity index (χ3n) is 4.57. The number of likely N-dealkylation sites (tertiary alicyclic amines) is 1. The number of hydrogen-bond acceptors (Lipinski definition) is 6. The Kier molecular flexibility index (Phi) is 5.01. The SMILES string of the molecule is COc1cc2nc(CN3CCCCC3CO)[nH]c(=O)c2cc1OC. The summed E-state index contributed by atoms with van der Waals surface area (Å²) >= 11 is 0. The highest BCUT2D eigenvalue weighted by atomic mass is 16.5. The van der Waals surface area contributed by atoms with E-state index in [0.29, 0.717) is 34.8 Å². The lowest BCUT2D eigenvalue weighted by Crippen LogP contribution is -2.41. The van der Waals surface area contributed by atoms with Crippen molar-refractivity contribution in [3.05, 3.63) is 28.3 Å². The van der Waals surface area contributed by atoms with Crippen LogP contribution in [0.25, 0.3) is 10.9 Å². The number of benzene rings is 1. The quantitative estimate of drug-likeness (QED) is 0.857. The van der Waals surface area contributed by atoms with Crippen molar-refractivity contribution in [3.8, 4) is 11.5 Å². The highest BCUT2D eigenvalue weighted by molar-refractivity contribution is 5.81. The molecular formula is C17H23N3O4. The molecule has 7 heteroatoms. The average Bonchev–Trinajstić information content (AvgIpc) is 2.61. The second kappa shape index (κ2) is 7.19. The summed E-state index contributed by atoms with van der Waals surface area (Å²) in [4.78, 5) is 22.0. The van der Waals surface area contributed by atoms with Crippen molar-refractivity contribution in [2.24, 2.45) is 0 Å². The molecule has 0 spiro atoms. The second-order valence-corrected chi connectivity index (χ2v) is 6.04. The summed E-state index contributed by atoms with van der Waals surface area (Å²) < 4.78 is 10.5.